The van der Waals surface area contributed by atoms with Gasteiger partial charge in [-0.1, -0.05) is 65.1 Å². The monoisotopic (exact) mass is 781 g/mol. The van der Waals surface area contributed by atoms with E-state index in [2.05, 4.69) is 14.9 Å². The van der Waals surface area contributed by atoms with Gasteiger partial charge in [0.25, 0.3) is 0 Å². The molecule has 2 heterocycles. The minimum atomic E-state index is -0.716. The number of ether oxygens (including phenoxy) is 4. The molecule has 5 aromatic rings. The smallest absolute Gasteiger partial charge is 0.342 e. The minimum Gasteiger partial charge on any atom is -0.462 e. The molecule has 2 aromatic heterocycles. The third-order valence-corrected chi connectivity index (χ3v) is 9.58. The summed E-state index contributed by atoms with van der Waals surface area (Å²) in [5, 5.41) is 0.689. The number of benzene rings is 3. The first-order valence-corrected chi connectivity index (χ1v) is 18.9. The van der Waals surface area contributed by atoms with Gasteiger partial charge < -0.3 is 35.3 Å². The Morgan fingerprint density at radius 3 is 1.20 bits per heavy atom. The summed E-state index contributed by atoms with van der Waals surface area (Å²) in [7, 11) is 0. The van der Waals surface area contributed by atoms with Gasteiger partial charge in [0.05, 0.1) is 26.4 Å². The Morgan fingerprint density at radius 1 is 0.527 bits per heavy atom. The second-order valence-corrected chi connectivity index (χ2v) is 13.4. The topological polar surface area (TPSA) is 185 Å². The molecule has 15 heteroatoms. The number of thiophene rings is 2. The molecule has 0 saturated carbocycles. The van der Waals surface area contributed by atoms with E-state index in [0.29, 0.717) is 0 Å². The van der Waals surface area contributed by atoms with Crippen LogP contribution in [0.4, 0.5) is 37.1 Å². The second-order valence-electron chi connectivity index (χ2n) is 11.3. The quantitative estimate of drug-likeness (QED) is 0.0588. The third-order valence-electron chi connectivity index (χ3n) is 7.73. The summed E-state index contributed by atoms with van der Waals surface area (Å²) < 4.78 is 20.6. The van der Waals surface area contributed by atoms with Crippen molar-refractivity contribution in [3.05, 3.63) is 112 Å². The summed E-state index contributed by atoms with van der Waals surface area (Å²) >= 11 is 2.00. The highest BCUT2D eigenvalue weighted by molar-refractivity contribution is 7.20. The van der Waals surface area contributed by atoms with Crippen molar-refractivity contribution >= 4 is 96.0 Å². The van der Waals surface area contributed by atoms with E-state index in [4.69, 9.17) is 30.4 Å². The highest BCUT2D eigenvalue weighted by atomic mass is 32.1. The third kappa shape index (κ3) is 9.26. The van der Waals surface area contributed by atoms with Crippen LogP contribution in [0.1, 0.15) is 80.3 Å². The van der Waals surface area contributed by atoms with E-state index in [1.807, 2.05) is 78.9 Å². The average molecular weight is 782 g/mol. The Balaban J connectivity index is 1.43. The number of aliphatic imine (C=N–C) groups is 2. The van der Waals surface area contributed by atoms with Crippen LogP contribution in [0.5, 0.6) is 0 Å². The zero-order chi connectivity index (χ0) is 39.5. The highest BCUT2D eigenvalue weighted by Gasteiger charge is 2.30. The molecule has 5 rings (SSSR count). The molecule has 0 aliphatic carbocycles. The molecular weight excluding hydrogens is 743 g/mol. The number of nitrogens with two attached hydrogens (primary N) is 2. The van der Waals surface area contributed by atoms with Crippen molar-refractivity contribution in [2.24, 2.45) is 9.98 Å². The molecule has 13 nitrogen and oxygen atoms in total. The van der Waals surface area contributed by atoms with Gasteiger partial charge in [0.1, 0.15) is 42.3 Å². The molecule has 0 unspecified atom stereocenters. The normalized spacial score (nSPS) is 11.1. The van der Waals surface area contributed by atoms with E-state index in [-0.39, 0.29) is 68.7 Å². The van der Waals surface area contributed by atoms with E-state index in [1.165, 1.54) is 0 Å². The number of nitrogen functional groups attached to an aromatic ring is 2. The van der Waals surface area contributed by atoms with E-state index < -0.39 is 23.9 Å². The molecular formula is C40H39N5O8S2. The SMILES string of the molecule is CCOC(=O)c1c(N)sc(/N=C/c2ccc(N(c3ccccc3)c3ccc(/C=N/c4sc(N)c(C(=O)OCC)c4C(=O)OCC)cc3)cc2)c1C(=O)OCC. The fraction of sp³-hybridized carbons (Fsp3) is 0.200. The number of anilines is 5. The number of esters is 4. The summed E-state index contributed by atoms with van der Waals surface area (Å²) in [4.78, 5) is 62.1. The van der Waals surface area contributed by atoms with Crippen LogP contribution in [-0.2, 0) is 18.9 Å². The first-order chi connectivity index (χ1) is 26.6. The molecule has 4 N–H and O–H groups in total. The largest absolute Gasteiger partial charge is 0.462 e. The van der Waals surface area contributed by atoms with Crippen molar-refractivity contribution in [3.8, 4) is 0 Å². The Bertz CT molecular complexity index is 2070. The highest BCUT2D eigenvalue weighted by Crippen LogP contribution is 2.41. The van der Waals surface area contributed by atoms with E-state index in [0.717, 1.165) is 50.9 Å². The van der Waals surface area contributed by atoms with Gasteiger partial charge in [-0.3, -0.25) is 0 Å². The molecule has 284 valence electrons. The van der Waals surface area contributed by atoms with Gasteiger partial charge in [-0.2, -0.15) is 0 Å². The van der Waals surface area contributed by atoms with Crippen LogP contribution in [0.25, 0.3) is 0 Å². The van der Waals surface area contributed by atoms with Crippen molar-refractivity contribution in [1.29, 1.82) is 0 Å². The average Bonchev–Trinajstić information content (AvgIpc) is 3.70. The number of rotatable bonds is 15. The van der Waals surface area contributed by atoms with Crippen molar-refractivity contribution in [3.63, 3.8) is 0 Å². The summed E-state index contributed by atoms with van der Waals surface area (Å²) in [6, 6.07) is 25.0. The maximum Gasteiger partial charge on any atom is 0.342 e. The minimum absolute atomic E-state index is 0.0280. The molecule has 0 spiro atoms. The number of hydrogen-bond donors (Lipinski definition) is 2. The molecule has 0 saturated heterocycles. The zero-order valence-corrected chi connectivity index (χ0v) is 32.2. The van der Waals surface area contributed by atoms with Gasteiger partial charge in [-0.25, -0.2) is 29.2 Å². The lowest BCUT2D eigenvalue weighted by Gasteiger charge is -2.25. The number of hydrogen-bond acceptors (Lipinski definition) is 15. The first kappa shape index (κ1) is 39.9. The van der Waals surface area contributed by atoms with Gasteiger partial charge in [0.15, 0.2) is 0 Å². The summed E-state index contributed by atoms with van der Waals surface area (Å²) in [6.07, 6.45) is 3.16. The van der Waals surface area contributed by atoms with Gasteiger partial charge in [0.2, 0.25) is 0 Å². The molecule has 0 fully saturated rings. The van der Waals surface area contributed by atoms with Crippen LogP contribution in [-0.4, -0.2) is 62.7 Å². The van der Waals surface area contributed by atoms with Gasteiger partial charge in [0, 0.05) is 29.5 Å². The number of para-hydroxylation sites is 1. The molecule has 3 aromatic carbocycles. The Morgan fingerprint density at radius 2 is 0.855 bits per heavy atom. The first-order valence-electron chi connectivity index (χ1n) is 17.3. The number of carbonyl (C=O) groups is 4. The van der Waals surface area contributed by atoms with Gasteiger partial charge in [-0.05, 0) is 75.2 Å². The lowest BCUT2D eigenvalue weighted by molar-refractivity contribution is 0.0481. The Hall–Kier alpha value is -6.32. The van der Waals surface area contributed by atoms with E-state index in [1.54, 1.807) is 40.1 Å². The number of carbonyl (C=O) groups excluding carboxylic acids is 4. The maximum absolute atomic E-state index is 12.8. The summed E-state index contributed by atoms with van der Waals surface area (Å²) in [5.41, 5.74) is 16.2. The van der Waals surface area contributed by atoms with Crippen LogP contribution >= 0.6 is 22.7 Å². The van der Waals surface area contributed by atoms with Gasteiger partial charge in [-0.15, -0.1) is 0 Å². The molecule has 0 atom stereocenters. The van der Waals surface area contributed by atoms with Crippen molar-refractivity contribution < 1.29 is 38.1 Å². The van der Waals surface area contributed by atoms with Crippen molar-refractivity contribution in [1.82, 2.24) is 0 Å². The molecule has 0 radical (unpaired) electrons. The van der Waals surface area contributed by atoms with Gasteiger partial charge >= 0.3 is 23.9 Å². The molecule has 0 amide bonds. The molecule has 0 bridgehead atoms. The summed E-state index contributed by atoms with van der Waals surface area (Å²) in [5.74, 6) is -2.85. The maximum atomic E-state index is 12.8. The molecule has 55 heavy (non-hydrogen) atoms. The second kappa shape index (κ2) is 18.6. The van der Waals surface area contributed by atoms with Crippen LogP contribution in [0.3, 0.4) is 0 Å². The van der Waals surface area contributed by atoms with Crippen LogP contribution < -0.4 is 16.4 Å². The van der Waals surface area contributed by atoms with Crippen molar-refractivity contribution in [2.75, 3.05) is 42.8 Å². The van der Waals surface area contributed by atoms with Crippen LogP contribution in [0.15, 0.2) is 88.8 Å². The molecule has 0 aliphatic rings. The fourth-order valence-electron chi connectivity index (χ4n) is 5.36. The predicted octanol–water partition coefficient (Wildman–Crippen LogP) is 8.65. The Labute approximate surface area is 325 Å². The summed E-state index contributed by atoms with van der Waals surface area (Å²) in [6.45, 7) is 7.11. The zero-order valence-electron chi connectivity index (χ0n) is 30.6. The number of nitrogens with zero attached hydrogens (tertiary/aromatic N) is 3. The Kier molecular flexibility index (Phi) is 13.5. The lowest BCUT2D eigenvalue weighted by Crippen LogP contribution is -2.13. The predicted molar refractivity (Wildman–Crippen MR) is 217 cm³/mol. The standard InChI is InChI=1S/C40H39N5O8S2/c1-5-50-37(46)29-31(39(48)52-7-3)35(54-33(29)41)43-22-24-14-18-27(19-15-24)45(26-12-10-9-11-13-26)28-20-16-25(17-21-28)23-44-36-32(40(49)53-8-4)30(34(42)55-36)38(47)51-6-2/h9-23H,5-8,41-42H2,1-4H3/b43-22+,44-23+. The van der Waals surface area contributed by atoms with Crippen molar-refractivity contribution in [2.45, 2.75) is 27.7 Å². The van der Waals surface area contributed by atoms with E-state index in [9.17, 15) is 19.2 Å². The molecule has 0 aliphatic heterocycles. The van der Waals surface area contributed by atoms with Crippen LogP contribution in [0.2, 0.25) is 0 Å². The lowest BCUT2D eigenvalue weighted by atomic mass is 10.1. The van der Waals surface area contributed by atoms with E-state index >= 15 is 0 Å². The fourth-order valence-corrected chi connectivity index (χ4v) is 7.14. The van der Waals surface area contributed by atoms with Crippen LogP contribution in [0, 0.1) is 0 Å².